The molecular weight excluding hydrogens is 544 g/mol. The van der Waals surface area contributed by atoms with Crippen molar-refractivity contribution in [1.29, 1.82) is 0 Å². The molecule has 0 bridgehead atoms. The number of piperazine rings is 1. The highest BCUT2D eigenvalue weighted by Gasteiger charge is 2.34. The standard InChI is InChI=1S/C19H29F3N6OS.HI/c1-3-23-18(24-12-16-25-15(13-30-16)19(20,21)22)28-10-8-26(9-11-28)14(2)17(29)27-6-4-5-7-27;/h13-14H,3-12H2,1-2H3,(H,23,24);1H. The maximum absolute atomic E-state index is 12.7. The van der Waals surface area contributed by atoms with Crippen LogP contribution < -0.4 is 5.32 Å². The van der Waals surface area contributed by atoms with Gasteiger partial charge in [0.05, 0.1) is 12.6 Å². The highest BCUT2D eigenvalue weighted by atomic mass is 127. The minimum absolute atomic E-state index is 0. The van der Waals surface area contributed by atoms with Gasteiger partial charge in [-0.05, 0) is 26.7 Å². The quantitative estimate of drug-likeness (QED) is 0.333. The number of thiazole rings is 1. The molecule has 1 amide bonds. The number of rotatable bonds is 5. The molecule has 3 heterocycles. The molecule has 0 aromatic carbocycles. The van der Waals surface area contributed by atoms with Crippen LogP contribution in [0.1, 0.15) is 37.4 Å². The molecule has 0 radical (unpaired) electrons. The van der Waals surface area contributed by atoms with Gasteiger partial charge in [0.15, 0.2) is 11.7 Å². The molecule has 12 heteroatoms. The first-order chi connectivity index (χ1) is 14.3. The van der Waals surface area contributed by atoms with E-state index in [1.54, 1.807) is 0 Å². The highest BCUT2D eigenvalue weighted by Crippen LogP contribution is 2.30. The molecule has 31 heavy (non-hydrogen) atoms. The lowest BCUT2D eigenvalue weighted by molar-refractivity contribution is -0.140. The number of nitrogens with zero attached hydrogens (tertiary/aromatic N) is 5. The van der Waals surface area contributed by atoms with Crippen molar-refractivity contribution in [3.63, 3.8) is 0 Å². The van der Waals surface area contributed by atoms with Gasteiger partial charge >= 0.3 is 6.18 Å². The number of hydrogen-bond acceptors (Lipinski definition) is 5. The zero-order valence-electron chi connectivity index (χ0n) is 17.8. The number of carbonyl (C=O) groups is 1. The largest absolute Gasteiger partial charge is 0.434 e. The maximum atomic E-state index is 12.7. The molecule has 0 aliphatic carbocycles. The van der Waals surface area contributed by atoms with Gasteiger partial charge < -0.3 is 15.1 Å². The fourth-order valence-corrected chi connectivity index (χ4v) is 4.49. The minimum atomic E-state index is -4.43. The van der Waals surface area contributed by atoms with Gasteiger partial charge in [-0.1, -0.05) is 0 Å². The summed E-state index contributed by atoms with van der Waals surface area (Å²) in [5, 5.41) is 4.57. The molecule has 0 saturated carbocycles. The molecule has 2 aliphatic heterocycles. The van der Waals surface area contributed by atoms with Crippen molar-refractivity contribution in [2.75, 3.05) is 45.8 Å². The number of guanidine groups is 1. The number of aliphatic imine (C=N–C) groups is 1. The van der Waals surface area contributed by atoms with Crippen LogP contribution in [0, 0.1) is 0 Å². The summed E-state index contributed by atoms with van der Waals surface area (Å²) in [6, 6.07) is -0.138. The van der Waals surface area contributed by atoms with Gasteiger partial charge in [0, 0.05) is 51.2 Å². The van der Waals surface area contributed by atoms with Gasteiger partial charge in [-0.3, -0.25) is 9.69 Å². The number of carbonyl (C=O) groups excluding carboxylic acids is 1. The molecule has 1 N–H and O–H groups in total. The third kappa shape index (κ3) is 6.91. The van der Waals surface area contributed by atoms with E-state index in [0.717, 1.165) is 55.7 Å². The molecule has 0 spiro atoms. The topological polar surface area (TPSA) is 64.1 Å². The summed E-state index contributed by atoms with van der Waals surface area (Å²) in [7, 11) is 0. The molecule has 3 rings (SSSR count). The lowest BCUT2D eigenvalue weighted by Crippen LogP contribution is -2.57. The van der Waals surface area contributed by atoms with E-state index >= 15 is 0 Å². The van der Waals surface area contributed by atoms with E-state index in [0.29, 0.717) is 30.6 Å². The van der Waals surface area contributed by atoms with Crippen molar-refractivity contribution >= 4 is 47.2 Å². The van der Waals surface area contributed by atoms with E-state index < -0.39 is 11.9 Å². The Balaban J connectivity index is 0.00000341. The first kappa shape index (κ1) is 26.1. The monoisotopic (exact) mass is 574 g/mol. The van der Waals surface area contributed by atoms with Crippen LogP contribution in [0.25, 0.3) is 0 Å². The first-order valence-corrected chi connectivity index (χ1v) is 11.2. The van der Waals surface area contributed by atoms with Crippen molar-refractivity contribution in [2.45, 2.75) is 45.5 Å². The third-order valence-electron chi connectivity index (χ3n) is 5.48. The summed E-state index contributed by atoms with van der Waals surface area (Å²) in [6.45, 7) is 9.28. The van der Waals surface area contributed by atoms with Crippen LogP contribution in [-0.2, 0) is 17.5 Å². The Bertz CT molecular complexity index is 745. The van der Waals surface area contributed by atoms with Gasteiger partial charge in [0.1, 0.15) is 5.01 Å². The summed E-state index contributed by atoms with van der Waals surface area (Å²) in [6.07, 6.45) is -2.26. The van der Waals surface area contributed by atoms with Crippen LogP contribution in [0.5, 0.6) is 0 Å². The zero-order valence-corrected chi connectivity index (χ0v) is 21.0. The number of nitrogens with one attached hydrogen (secondary N) is 1. The predicted molar refractivity (Wildman–Crippen MR) is 126 cm³/mol. The van der Waals surface area contributed by atoms with E-state index in [9.17, 15) is 18.0 Å². The number of amides is 1. The fourth-order valence-electron chi connectivity index (χ4n) is 3.76. The third-order valence-corrected chi connectivity index (χ3v) is 6.31. The highest BCUT2D eigenvalue weighted by molar-refractivity contribution is 14.0. The number of likely N-dealkylation sites (tertiary alicyclic amines) is 1. The molecular formula is C19H30F3IN6OS. The zero-order chi connectivity index (χ0) is 21.7. The molecule has 1 aromatic rings. The van der Waals surface area contributed by atoms with Gasteiger partial charge in [-0.25, -0.2) is 9.98 Å². The van der Waals surface area contributed by atoms with Crippen molar-refractivity contribution in [3.05, 3.63) is 16.1 Å². The Hall–Kier alpha value is -1.15. The van der Waals surface area contributed by atoms with Gasteiger partial charge in [0.25, 0.3) is 0 Å². The molecule has 176 valence electrons. The smallest absolute Gasteiger partial charge is 0.357 e. The number of alkyl halides is 3. The van der Waals surface area contributed by atoms with Crippen molar-refractivity contribution in [3.8, 4) is 0 Å². The molecule has 1 aromatic heterocycles. The van der Waals surface area contributed by atoms with Crippen molar-refractivity contribution in [2.24, 2.45) is 4.99 Å². The second-order valence-corrected chi connectivity index (χ2v) is 8.47. The number of hydrogen-bond donors (Lipinski definition) is 1. The van der Waals surface area contributed by atoms with Crippen LogP contribution in [0.2, 0.25) is 0 Å². The summed E-state index contributed by atoms with van der Waals surface area (Å²) < 4.78 is 38.2. The Morgan fingerprint density at radius 2 is 1.84 bits per heavy atom. The predicted octanol–water partition coefficient (Wildman–Crippen LogP) is 2.87. The second-order valence-electron chi connectivity index (χ2n) is 7.53. The fraction of sp³-hybridized carbons (Fsp3) is 0.737. The van der Waals surface area contributed by atoms with Crippen LogP contribution in [0.3, 0.4) is 0 Å². The van der Waals surface area contributed by atoms with Crippen LogP contribution in [0.15, 0.2) is 10.4 Å². The summed E-state index contributed by atoms with van der Waals surface area (Å²) >= 11 is 0.968. The molecule has 1 unspecified atom stereocenters. The Kier molecular flexibility index (Phi) is 9.80. The van der Waals surface area contributed by atoms with Crippen LogP contribution >= 0.6 is 35.3 Å². The van der Waals surface area contributed by atoms with E-state index in [4.69, 9.17) is 0 Å². The molecule has 1 atom stereocenters. The van der Waals surface area contributed by atoms with Gasteiger partial charge in [-0.2, -0.15) is 13.2 Å². The van der Waals surface area contributed by atoms with Gasteiger partial charge in [-0.15, -0.1) is 35.3 Å². The maximum Gasteiger partial charge on any atom is 0.434 e. The first-order valence-electron chi connectivity index (χ1n) is 10.4. The van der Waals surface area contributed by atoms with Crippen LogP contribution in [0.4, 0.5) is 13.2 Å². The SMILES string of the molecule is CCNC(=NCc1nc(C(F)(F)F)cs1)N1CCN(C(C)C(=O)N2CCCC2)CC1.I. The lowest BCUT2D eigenvalue weighted by atomic mass is 10.2. The molecule has 2 fully saturated rings. The lowest BCUT2D eigenvalue weighted by Gasteiger charge is -2.39. The molecule has 2 aliphatic rings. The normalized spacial score (nSPS) is 19.3. The van der Waals surface area contributed by atoms with Crippen LogP contribution in [-0.4, -0.2) is 83.4 Å². The Morgan fingerprint density at radius 1 is 1.19 bits per heavy atom. The Morgan fingerprint density at radius 3 is 2.39 bits per heavy atom. The van der Waals surface area contributed by atoms with Crippen molar-refractivity contribution in [1.82, 2.24) is 25.0 Å². The summed E-state index contributed by atoms with van der Waals surface area (Å²) in [5.74, 6) is 0.866. The van der Waals surface area contributed by atoms with E-state index in [1.165, 1.54) is 0 Å². The molecule has 2 saturated heterocycles. The number of halogens is 4. The number of aromatic nitrogens is 1. The van der Waals surface area contributed by atoms with E-state index in [1.807, 2.05) is 18.7 Å². The summed E-state index contributed by atoms with van der Waals surface area (Å²) in [5.41, 5.74) is -0.868. The second kappa shape index (κ2) is 11.6. The van der Waals surface area contributed by atoms with E-state index in [2.05, 4.69) is 25.1 Å². The van der Waals surface area contributed by atoms with E-state index in [-0.39, 0.29) is 42.5 Å². The Labute approximate surface area is 202 Å². The van der Waals surface area contributed by atoms with Gasteiger partial charge in [0.2, 0.25) is 5.91 Å². The molecule has 7 nitrogen and oxygen atoms in total. The van der Waals surface area contributed by atoms with Crippen molar-refractivity contribution < 1.29 is 18.0 Å². The minimum Gasteiger partial charge on any atom is -0.357 e. The average Bonchev–Trinajstić information content (AvgIpc) is 3.42. The average molecular weight is 574 g/mol. The summed E-state index contributed by atoms with van der Waals surface area (Å²) in [4.78, 5) is 27.0.